The van der Waals surface area contributed by atoms with Crippen LogP contribution in [0.2, 0.25) is 0 Å². The number of rotatable bonds is 3. The van der Waals surface area contributed by atoms with Gasteiger partial charge in [-0.05, 0) is 100 Å². The second-order valence-corrected chi connectivity index (χ2v) is 14.2. The highest BCUT2D eigenvalue weighted by Crippen LogP contribution is 2.31. The molecule has 2 aliphatic rings. The van der Waals surface area contributed by atoms with Crippen molar-refractivity contribution in [2.24, 2.45) is 0 Å². The Bertz CT molecular complexity index is 1870. The molecule has 3 heterocycles. The minimum absolute atomic E-state index is 0.0482. The third-order valence-electron chi connectivity index (χ3n) is 7.62. The van der Waals surface area contributed by atoms with E-state index in [0.717, 1.165) is 21.6 Å². The number of amides is 4. The van der Waals surface area contributed by atoms with Gasteiger partial charge in [0, 0.05) is 35.4 Å². The van der Waals surface area contributed by atoms with Crippen LogP contribution in [0.1, 0.15) is 77.1 Å². The molecular weight excluding hydrogens is 638 g/mol. The van der Waals surface area contributed by atoms with E-state index in [1.807, 2.05) is 43.3 Å². The number of ether oxygens (including phenoxy) is 3. The summed E-state index contributed by atoms with van der Waals surface area (Å²) in [5.74, 6) is -0.308. The normalized spacial score (nSPS) is 16.9. The van der Waals surface area contributed by atoms with E-state index < -0.39 is 35.5 Å². The molecule has 3 aromatic carbocycles. The average Bonchev–Trinajstić information content (AvgIpc) is 3.03. The summed E-state index contributed by atoms with van der Waals surface area (Å²) in [5, 5.41) is 10.3. The van der Waals surface area contributed by atoms with Gasteiger partial charge >= 0.3 is 18.3 Å². The Morgan fingerprint density at radius 2 is 1.54 bits per heavy atom. The summed E-state index contributed by atoms with van der Waals surface area (Å²) < 4.78 is 16.6. The standard InChI is InChI=1S/C38H43N5O7/c1-23-22-48-34(45)42-28-10-8-9-24(19-28)21-40-33(44)31(26-13-11-25(23)12-14-26)41-29-15-16-30-27(20-29)17-18-39-32(30)43(35(46)49-37(2,3)4)36(47)50-38(5,6)7/h8-20,23,31,41H,21-22H2,1-7H3,(H,40,44)(H,42,45)/t23-,31?/m0/s1. The minimum atomic E-state index is -0.922. The maximum atomic E-state index is 13.8. The molecule has 1 aromatic heterocycles. The molecule has 2 atom stereocenters. The van der Waals surface area contributed by atoms with Gasteiger partial charge in [0.25, 0.3) is 0 Å². The van der Waals surface area contributed by atoms with Crippen molar-refractivity contribution < 1.29 is 33.4 Å². The quantitative estimate of drug-likeness (QED) is 0.183. The molecule has 262 valence electrons. The molecular formula is C38H43N5O7. The summed E-state index contributed by atoms with van der Waals surface area (Å²) in [6.45, 7) is 12.6. The zero-order valence-corrected chi connectivity index (χ0v) is 29.3. The Labute approximate surface area is 291 Å². The number of imide groups is 1. The first-order valence-electron chi connectivity index (χ1n) is 16.4. The second-order valence-electron chi connectivity index (χ2n) is 14.2. The molecule has 50 heavy (non-hydrogen) atoms. The number of hydrogen-bond donors (Lipinski definition) is 3. The molecule has 0 spiro atoms. The van der Waals surface area contributed by atoms with Crippen molar-refractivity contribution in [2.45, 2.75) is 78.2 Å². The summed E-state index contributed by atoms with van der Waals surface area (Å²) >= 11 is 0. The number of nitrogens with one attached hydrogen (secondary N) is 3. The zero-order chi connectivity index (χ0) is 36.2. The van der Waals surface area contributed by atoms with Gasteiger partial charge < -0.3 is 24.8 Å². The number of nitrogens with zero attached hydrogens (tertiary/aromatic N) is 2. The number of benzene rings is 3. The van der Waals surface area contributed by atoms with Crippen LogP contribution in [0.15, 0.2) is 79.0 Å². The molecule has 12 nitrogen and oxygen atoms in total. The number of carbonyl (C=O) groups is 4. The van der Waals surface area contributed by atoms with E-state index in [1.54, 1.807) is 77.9 Å². The molecule has 4 bridgehead atoms. The van der Waals surface area contributed by atoms with Crippen molar-refractivity contribution >= 4 is 52.2 Å². The van der Waals surface area contributed by atoms with E-state index in [-0.39, 0.29) is 30.8 Å². The number of fused-ring (bicyclic) bond motifs is 10. The van der Waals surface area contributed by atoms with Crippen molar-refractivity contribution in [3.63, 3.8) is 0 Å². The molecule has 0 saturated heterocycles. The fourth-order valence-electron chi connectivity index (χ4n) is 5.28. The molecule has 0 radical (unpaired) electrons. The summed E-state index contributed by atoms with van der Waals surface area (Å²) in [7, 11) is 0. The maximum absolute atomic E-state index is 13.8. The first kappa shape index (κ1) is 35.7. The van der Waals surface area contributed by atoms with Gasteiger partial charge in [-0.25, -0.2) is 19.4 Å². The molecule has 1 unspecified atom stereocenters. The Hall–Kier alpha value is -5.65. The van der Waals surface area contributed by atoms with Crippen molar-refractivity contribution in [1.82, 2.24) is 10.3 Å². The van der Waals surface area contributed by atoms with Crippen LogP contribution in [-0.2, 0) is 25.5 Å². The second kappa shape index (κ2) is 14.5. The van der Waals surface area contributed by atoms with Gasteiger partial charge in [0.2, 0.25) is 5.91 Å². The fraction of sp³-hybridized carbons (Fsp3) is 0.342. The Morgan fingerprint density at radius 3 is 2.20 bits per heavy atom. The summed E-state index contributed by atoms with van der Waals surface area (Å²) in [4.78, 5) is 58.1. The van der Waals surface area contributed by atoms with Gasteiger partial charge in [-0.1, -0.05) is 43.3 Å². The van der Waals surface area contributed by atoms with Gasteiger partial charge in [0.1, 0.15) is 17.2 Å². The van der Waals surface area contributed by atoms with Crippen LogP contribution >= 0.6 is 0 Å². The highest BCUT2D eigenvalue weighted by Gasteiger charge is 2.34. The highest BCUT2D eigenvalue weighted by atomic mass is 16.6. The van der Waals surface area contributed by atoms with Gasteiger partial charge in [0.15, 0.2) is 5.82 Å². The van der Waals surface area contributed by atoms with E-state index >= 15 is 0 Å². The first-order chi connectivity index (χ1) is 23.6. The predicted octanol–water partition coefficient (Wildman–Crippen LogP) is 8.05. The topological polar surface area (TPSA) is 148 Å². The van der Waals surface area contributed by atoms with Crippen LogP contribution in [0.25, 0.3) is 10.8 Å². The Balaban J connectivity index is 1.49. The molecule has 0 saturated carbocycles. The summed E-state index contributed by atoms with van der Waals surface area (Å²) in [5.41, 5.74) is 1.85. The van der Waals surface area contributed by atoms with Crippen LogP contribution in [0.5, 0.6) is 0 Å². The number of carbonyl (C=O) groups excluding carboxylic acids is 4. The number of anilines is 3. The van der Waals surface area contributed by atoms with E-state index in [4.69, 9.17) is 14.2 Å². The third-order valence-corrected chi connectivity index (χ3v) is 7.62. The van der Waals surface area contributed by atoms with E-state index in [0.29, 0.717) is 22.1 Å². The minimum Gasteiger partial charge on any atom is -0.449 e. The largest absolute Gasteiger partial charge is 0.449 e. The van der Waals surface area contributed by atoms with Crippen LogP contribution in [0, 0.1) is 0 Å². The fourth-order valence-corrected chi connectivity index (χ4v) is 5.28. The highest BCUT2D eigenvalue weighted by molar-refractivity contribution is 6.14. The first-order valence-corrected chi connectivity index (χ1v) is 16.4. The van der Waals surface area contributed by atoms with E-state index in [1.165, 1.54) is 6.20 Å². The van der Waals surface area contributed by atoms with Gasteiger partial charge in [-0.3, -0.25) is 10.1 Å². The Morgan fingerprint density at radius 1 is 0.880 bits per heavy atom. The SMILES string of the molecule is C[C@H]1COC(=O)Nc2cccc(c2)CNC(=O)C(Nc2ccc3c(N(C(=O)OC(C)(C)C)C(=O)OC(C)(C)C)nccc3c2)c2ccc1cc2. The maximum Gasteiger partial charge on any atom is 0.425 e. The van der Waals surface area contributed by atoms with Gasteiger partial charge in [-0.15, -0.1) is 0 Å². The lowest BCUT2D eigenvalue weighted by Crippen LogP contribution is -2.44. The molecule has 6 rings (SSSR count). The van der Waals surface area contributed by atoms with E-state index in [9.17, 15) is 19.2 Å². The smallest absolute Gasteiger partial charge is 0.425 e. The van der Waals surface area contributed by atoms with Crippen molar-refractivity contribution in [1.29, 1.82) is 0 Å². The van der Waals surface area contributed by atoms with Gasteiger partial charge in [-0.2, -0.15) is 4.90 Å². The molecule has 2 aliphatic heterocycles. The lowest BCUT2D eigenvalue weighted by atomic mass is 9.97. The predicted molar refractivity (Wildman–Crippen MR) is 191 cm³/mol. The third kappa shape index (κ3) is 9.07. The Kier molecular flexibility index (Phi) is 10.3. The molecule has 4 amide bonds. The van der Waals surface area contributed by atoms with E-state index in [2.05, 4.69) is 20.9 Å². The van der Waals surface area contributed by atoms with Gasteiger partial charge in [0.05, 0.1) is 6.61 Å². The monoisotopic (exact) mass is 681 g/mol. The molecule has 0 fully saturated rings. The molecule has 3 N–H and O–H groups in total. The van der Waals surface area contributed by atoms with Crippen LogP contribution < -0.4 is 20.9 Å². The summed E-state index contributed by atoms with van der Waals surface area (Å²) in [6.07, 6.45) is -0.905. The van der Waals surface area contributed by atoms with Crippen molar-refractivity contribution in [3.05, 3.63) is 95.7 Å². The lowest BCUT2D eigenvalue weighted by Gasteiger charge is -2.28. The van der Waals surface area contributed by atoms with Crippen molar-refractivity contribution in [2.75, 3.05) is 22.1 Å². The number of pyridine rings is 1. The van der Waals surface area contributed by atoms with Crippen molar-refractivity contribution in [3.8, 4) is 0 Å². The summed E-state index contributed by atoms with van der Waals surface area (Å²) in [6, 6.07) is 21.0. The average molecular weight is 682 g/mol. The molecule has 12 heteroatoms. The zero-order valence-electron chi connectivity index (χ0n) is 29.3. The lowest BCUT2D eigenvalue weighted by molar-refractivity contribution is -0.122. The number of aromatic nitrogens is 1. The molecule has 0 aliphatic carbocycles. The van der Waals surface area contributed by atoms with Crippen LogP contribution in [0.4, 0.5) is 31.6 Å². The van der Waals surface area contributed by atoms with Crippen LogP contribution in [0.3, 0.4) is 0 Å². The van der Waals surface area contributed by atoms with Crippen LogP contribution in [-0.4, -0.2) is 47.0 Å². The number of hydrogen-bond acceptors (Lipinski definition) is 9. The molecule has 4 aromatic rings.